The molecule has 1 heterocycles. The van der Waals surface area contributed by atoms with Crippen molar-refractivity contribution in [1.82, 2.24) is 4.90 Å². The molecule has 19 heavy (non-hydrogen) atoms. The first-order valence-electron chi connectivity index (χ1n) is 5.19. The molecule has 0 aromatic carbocycles. The van der Waals surface area contributed by atoms with Crippen LogP contribution in [0.15, 0.2) is 0 Å². The second-order valence-corrected chi connectivity index (χ2v) is 5.23. The maximum atomic E-state index is 13.1. The van der Waals surface area contributed by atoms with Crippen molar-refractivity contribution in [2.45, 2.75) is 37.9 Å². The molecule has 0 aromatic heterocycles. The van der Waals surface area contributed by atoms with Crippen LogP contribution in [0.3, 0.4) is 0 Å². The molecule has 0 spiro atoms. The summed E-state index contributed by atoms with van der Waals surface area (Å²) in [5.41, 5.74) is -3.61. The van der Waals surface area contributed by atoms with E-state index in [0.717, 1.165) is 4.90 Å². The van der Waals surface area contributed by atoms with E-state index in [1.807, 2.05) is 0 Å². The van der Waals surface area contributed by atoms with Crippen molar-refractivity contribution in [3.63, 3.8) is 0 Å². The minimum absolute atomic E-state index is 0. The Morgan fingerprint density at radius 2 is 1.74 bits per heavy atom. The van der Waals surface area contributed by atoms with Crippen LogP contribution in [0.2, 0.25) is 0 Å². The normalized spacial score (nSPS) is 18.1. The van der Waals surface area contributed by atoms with Gasteiger partial charge in [0.1, 0.15) is 11.6 Å². The maximum Gasteiger partial charge on any atom is 1.00 e. The fraction of sp³-hybridized carbons (Fsp3) is 0.800. The van der Waals surface area contributed by atoms with Crippen molar-refractivity contribution >= 4 is 12.1 Å². The molecular weight excluding hydrogens is 275 g/mol. The van der Waals surface area contributed by atoms with Crippen LogP contribution in [0.5, 0.6) is 0 Å². The molecule has 1 amide bonds. The molecule has 1 fully saturated rings. The van der Waals surface area contributed by atoms with Gasteiger partial charge in [0.25, 0.3) is 0 Å². The van der Waals surface area contributed by atoms with Crippen LogP contribution in [0, 0.1) is 0 Å². The second-order valence-electron chi connectivity index (χ2n) is 5.23. The van der Waals surface area contributed by atoms with E-state index >= 15 is 0 Å². The summed E-state index contributed by atoms with van der Waals surface area (Å²) in [6.07, 6.45) is -0.888. The first-order valence-corrected chi connectivity index (χ1v) is 5.19. The van der Waals surface area contributed by atoms with Crippen LogP contribution in [0.1, 0.15) is 20.8 Å². The third-order valence-corrected chi connectivity index (χ3v) is 2.40. The van der Waals surface area contributed by atoms with Crippen LogP contribution < -0.4 is 34.7 Å². The fourth-order valence-electron chi connectivity index (χ4n) is 1.43. The van der Waals surface area contributed by atoms with Gasteiger partial charge in [0, 0.05) is 0 Å². The van der Waals surface area contributed by atoms with E-state index < -0.39 is 42.3 Å². The molecule has 0 aliphatic carbocycles. The monoisotopic (exact) mass is 289 g/mol. The van der Waals surface area contributed by atoms with Gasteiger partial charge in [-0.15, -0.1) is 0 Å². The first kappa shape index (κ1) is 18.6. The summed E-state index contributed by atoms with van der Waals surface area (Å²) in [4.78, 5) is 22.4. The van der Waals surface area contributed by atoms with Gasteiger partial charge in [0.05, 0.1) is 13.1 Å². The van der Waals surface area contributed by atoms with Gasteiger partial charge in [-0.2, -0.15) is 8.78 Å². The Kier molecular flexibility index (Phi) is 5.38. The number of β-amino-alcohol motifs (C(OH)–C–C–N with tert-alkyl or cyclic N) is 1. The number of aliphatic carboxylic acids is 1. The molecule has 0 aromatic rings. The van der Waals surface area contributed by atoms with Crippen molar-refractivity contribution in [3.05, 3.63) is 0 Å². The minimum Gasteiger partial charge on any atom is -0.544 e. The minimum atomic E-state index is -4.41. The summed E-state index contributed by atoms with van der Waals surface area (Å²) in [5, 5.41) is 19.6. The van der Waals surface area contributed by atoms with Crippen LogP contribution in [0.25, 0.3) is 0 Å². The molecule has 1 N–H and O–H groups in total. The third-order valence-electron chi connectivity index (χ3n) is 2.40. The molecule has 0 bridgehead atoms. The second kappa shape index (κ2) is 5.51. The van der Waals surface area contributed by atoms with Gasteiger partial charge in [0.2, 0.25) is 0 Å². The number of halogens is 2. The van der Waals surface area contributed by atoms with Crippen LogP contribution in [-0.2, 0) is 9.53 Å². The van der Waals surface area contributed by atoms with E-state index in [1.54, 1.807) is 20.8 Å². The Bertz CT molecular complexity index is 377. The van der Waals surface area contributed by atoms with E-state index in [1.165, 1.54) is 0 Å². The van der Waals surface area contributed by atoms with Crippen LogP contribution in [0.4, 0.5) is 13.6 Å². The number of alkyl halides is 2. The zero-order valence-electron chi connectivity index (χ0n) is 11.2. The number of carbonyl (C=O) groups is 2. The van der Waals surface area contributed by atoms with Gasteiger partial charge in [0.15, 0.2) is 5.60 Å². The Morgan fingerprint density at radius 3 is 2.05 bits per heavy atom. The Balaban J connectivity index is 0.00000324. The average molecular weight is 289 g/mol. The van der Waals surface area contributed by atoms with Gasteiger partial charge in [-0.25, -0.2) is 4.79 Å². The molecule has 9 heteroatoms. The Morgan fingerprint density at radius 1 is 1.32 bits per heavy atom. The van der Waals surface area contributed by atoms with E-state index in [-0.39, 0.29) is 29.6 Å². The van der Waals surface area contributed by atoms with Gasteiger partial charge in [-0.3, -0.25) is 0 Å². The predicted molar refractivity (Wildman–Crippen MR) is 52.7 cm³/mol. The molecule has 0 saturated carbocycles. The number of hydrogen-bond donors (Lipinski definition) is 1. The average Bonchev–Trinajstić information content (AvgIpc) is 2.09. The molecule has 1 aliphatic heterocycles. The molecule has 104 valence electrons. The number of carboxylic acids is 1. The summed E-state index contributed by atoms with van der Waals surface area (Å²) < 4.78 is 31.0. The van der Waals surface area contributed by atoms with Gasteiger partial charge < -0.3 is 24.6 Å². The van der Waals surface area contributed by atoms with Crippen LogP contribution in [-0.4, -0.2) is 52.3 Å². The Hall–Kier alpha value is -0.440. The number of carbonyl (C=O) groups excluding carboxylic acids is 2. The summed E-state index contributed by atoms with van der Waals surface area (Å²) in [5.74, 6) is -7.08. The molecule has 0 unspecified atom stereocenters. The number of amides is 1. The molecule has 0 radical (unpaired) electrons. The summed E-state index contributed by atoms with van der Waals surface area (Å²) >= 11 is 0. The summed E-state index contributed by atoms with van der Waals surface area (Å²) in [6.45, 7) is 3.14. The number of rotatable bonds is 2. The van der Waals surface area contributed by atoms with Crippen LogP contribution >= 0.6 is 0 Å². The topological polar surface area (TPSA) is 89.9 Å². The van der Waals surface area contributed by atoms with Crippen molar-refractivity contribution < 1.29 is 62.9 Å². The number of carboxylic acid groups (broad SMARTS) is 1. The number of likely N-dealkylation sites (tertiary alicyclic amines) is 1. The molecule has 1 aliphatic rings. The van der Waals surface area contributed by atoms with Crippen molar-refractivity contribution in [2.75, 3.05) is 13.1 Å². The number of ether oxygens (including phenoxy) is 1. The molecule has 6 nitrogen and oxygen atoms in total. The first-order chi connectivity index (χ1) is 7.89. The Labute approximate surface area is 131 Å². The third kappa shape index (κ3) is 3.77. The molecule has 1 rings (SSSR count). The predicted octanol–water partition coefficient (Wildman–Crippen LogP) is -3.64. The quantitative estimate of drug-likeness (QED) is 0.530. The summed E-state index contributed by atoms with van der Waals surface area (Å²) in [6, 6.07) is 0. The molecular formula is C10H14F2NNaO5. The van der Waals surface area contributed by atoms with Gasteiger partial charge in [-0.1, -0.05) is 0 Å². The zero-order chi connectivity index (χ0) is 14.4. The largest absolute Gasteiger partial charge is 1.00 e. The SMILES string of the molecule is CC(C)(C)OC(=O)N1CC(O)(C(F)(F)C(=O)[O-])C1.[Na+]. The zero-order valence-corrected chi connectivity index (χ0v) is 13.2. The van der Waals surface area contributed by atoms with Crippen molar-refractivity contribution in [1.29, 1.82) is 0 Å². The number of aliphatic hydroxyl groups is 1. The fourth-order valence-corrected chi connectivity index (χ4v) is 1.43. The van der Waals surface area contributed by atoms with E-state index in [2.05, 4.69) is 0 Å². The van der Waals surface area contributed by atoms with E-state index in [9.17, 15) is 28.6 Å². The number of nitrogens with zero attached hydrogens (tertiary/aromatic N) is 1. The summed E-state index contributed by atoms with van der Waals surface area (Å²) in [7, 11) is 0. The molecule has 1 saturated heterocycles. The maximum absolute atomic E-state index is 13.1. The van der Waals surface area contributed by atoms with E-state index in [4.69, 9.17) is 4.74 Å². The van der Waals surface area contributed by atoms with Crippen molar-refractivity contribution in [3.8, 4) is 0 Å². The van der Waals surface area contributed by atoms with Crippen molar-refractivity contribution in [2.24, 2.45) is 0 Å². The smallest absolute Gasteiger partial charge is 0.544 e. The number of hydrogen-bond acceptors (Lipinski definition) is 5. The van der Waals surface area contributed by atoms with E-state index in [0.29, 0.717) is 0 Å². The van der Waals surface area contributed by atoms with Gasteiger partial charge >= 0.3 is 41.6 Å². The molecule has 0 atom stereocenters. The standard InChI is InChI=1S/C10H15F2NO5.Na/c1-8(2,3)18-7(16)13-4-9(17,5-13)10(11,12)6(14)15;/h17H,4-5H2,1-3H3,(H,14,15);/q;+1/p-1. The van der Waals surface area contributed by atoms with Gasteiger partial charge in [-0.05, 0) is 20.8 Å².